The third kappa shape index (κ3) is 3.80. The Kier molecular flexibility index (Phi) is 4.11. The minimum atomic E-state index is -0.431. The predicted octanol–water partition coefficient (Wildman–Crippen LogP) is 0.228. The van der Waals surface area contributed by atoms with Crippen LogP contribution in [-0.2, 0) is 4.79 Å². The van der Waals surface area contributed by atoms with E-state index >= 15 is 0 Å². The topological polar surface area (TPSA) is 67.2 Å². The highest BCUT2D eigenvalue weighted by Crippen LogP contribution is 2.17. The molecule has 1 aliphatic heterocycles. The number of carbonyl (C=O) groups is 1. The van der Waals surface area contributed by atoms with E-state index in [2.05, 4.69) is 10.6 Å². The van der Waals surface area contributed by atoms with Crippen molar-refractivity contribution in [3.05, 3.63) is 0 Å². The molecule has 1 aliphatic rings. The van der Waals surface area contributed by atoms with Gasteiger partial charge in [-0.25, -0.2) is 0 Å². The normalized spacial score (nSPS) is 24.7. The van der Waals surface area contributed by atoms with Crippen LogP contribution in [0.25, 0.3) is 0 Å². The highest BCUT2D eigenvalue weighted by molar-refractivity contribution is 5.82. The van der Waals surface area contributed by atoms with Crippen molar-refractivity contribution in [2.75, 3.05) is 13.1 Å². The molecule has 1 heterocycles. The van der Waals surface area contributed by atoms with Crippen molar-refractivity contribution in [3.8, 4) is 0 Å². The zero-order valence-electron chi connectivity index (χ0n) is 9.97. The fourth-order valence-electron chi connectivity index (χ4n) is 1.66. The number of hydrogen-bond donors (Lipinski definition) is 3. The van der Waals surface area contributed by atoms with E-state index in [1.165, 1.54) is 0 Å². The summed E-state index contributed by atoms with van der Waals surface area (Å²) < 4.78 is 0. The third-order valence-corrected chi connectivity index (χ3v) is 2.86. The number of nitrogens with one attached hydrogen (secondary N) is 2. The van der Waals surface area contributed by atoms with E-state index in [1.807, 2.05) is 20.8 Å². The molecule has 88 valence electrons. The number of amides is 1. The van der Waals surface area contributed by atoms with Crippen molar-refractivity contribution in [1.29, 1.82) is 0 Å². The number of hydrogen-bond acceptors (Lipinski definition) is 3. The smallest absolute Gasteiger partial charge is 0.237 e. The average molecular weight is 213 g/mol. The lowest BCUT2D eigenvalue weighted by Gasteiger charge is -2.30. The summed E-state index contributed by atoms with van der Waals surface area (Å²) in [7, 11) is 0. The van der Waals surface area contributed by atoms with Crippen LogP contribution < -0.4 is 16.4 Å². The van der Waals surface area contributed by atoms with Gasteiger partial charge in [0.05, 0.1) is 6.04 Å². The molecule has 0 unspecified atom stereocenters. The number of rotatable bonds is 2. The molecular weight excluding hydrogens is 190 g/mol. The fraction of sp³-hybridized carbons (Fsp3) is 0.909. The molecule has 0 aromatic rings. The quantitative estimate of drug-likeness (QED) is 0.615. The van der Waals surface area contributed by atoms with Gasteiger partial charge in [-0.15, -0.1) is 0 Å². The molecule has 0 radical (unpaired) electrons. The van der Waals surface area contributed by atoms with Crippen LogP contribution in [0.5, 0.6) is 0 Å². The summed E-state index contributed by atoms with van der Waals surface area (Å²) in [6.45, 7) is 7.86. The second-order valence-corrected chi connectivity index (χ2v) is 5.40. The molecule has 4 N–H and O–H groups in total. The number of carbonyl (C=O) groups excluding carboxylic acids is 1. The van der Waals surface area contributed by atoms with Gasteiger partial charge in [-0.05, 0) is 24.8 Å². The molecule has 4 nitrogen and oxygen atoms in total. The van der Waals surface area contributed by atoms with Gasteiger partial charge in [-0.1, -0.05) is 20.8 Å². The zero-order chi connectivity index (χ0) is 11.5. The van der Waals surface area contributed by atoms with E-state index < -0.39 is 6.04 Å². The molecule has 1 rings (SSSR count). The van der Waals surface area contributed by atoms with Crippen LogP contribution in [0.15, 0.2) is 0 Å². The first-order valence-corrected chi connectivity index (χ1v) is 5.68. The van der Waals surface area contributed by atoms with E-state index in [4.69, 9.17) is 5.73 Å². The van der Waals surface area contributed by atoms with E-state index in [9.17, 15) is 4.79 Å². The van der Waals surface area contributed by atoms with Crippen LogP contribution in [0, 0.1) is 5.41 Å². The van der Waals surface area contributed by atoms with Crippen LogP contribution in [0.1, 0.15) is 33.6 Å². The monoisotopic (exact) mass is 213 g/mol. The second kappa shape index (κ2) is 4.94. The molecule has 0 aliphatic carbocycles. The molecule has 4 heteroatoms. The van der Waals surface area contributed by atoms with Gasteiger partial charge in [0.1, 0.15) is 0 Å². The minimum Gasteiger partial charge on any atom is -0.351 e. The first-order chi connectivity index (χ1) is 6.91. The lowest BCUT2D eigenvalue weighted by atomic mass is 9.86. The summed E-state index contributed by atoms with van der Waals surface area (Å²) in [5, 5.41) is 6.26. The van der Waals surface area contributed by atoms with Crippen molar-refractivity contribution in [2.24, 2.45) is 11.1 Å². The molecule has 0 aromatic heterocycles. The lowest BCUT2D eigenvalue weighted by Crippen LogP contribution is -2.54. The minimum absolute atomic E-state index is 0.0313. The highest BCUT2D eigenvalue weighted by atomic mass is 16.2. The molecule has 0 saturated carbocycles. The van der Waals surface area contributed by atoms with Gasteiger partial charge in [-0.3, -0.25) is 4.79 Å². The predicted molar refractivity (Wildman–Crippen MR) is 61.5 cm³/mol. The van der Waals surface area contributed by atoms with Crippen LogP contribution in [-0.4, -0.2) is 31.1 Å². The van der Waals surface area contributed by atoms with Gasteiger partial charge in [0, 0.05) is 12.6 Å². The maximum atomic E-state index is 11.8. The Morgan fingerprint density at radius 2 is 2.20 bits per heavy atom. The van der Waals surface area contributed by atoms with Gasteiger partial charge in [0.25, 0.3) is 0 Å². The first-order valence-electron chi connectivity index (χ1n) is 5.68. The van der Waals surface area contributed by atoms with E-state index in [0.29, 0.717) is 0 Å². The fourth-order valence-corrected chi connectivity index (χ4v) is 1.66. The largest absolute Gasteiger partial charge is 0.351 e. The van der Waals surface area contributed by atoms with Crippen molar-refractivity contribution >= 4 is 5.91 Å². The molecular formula is C11H23N3O. The maximum absolute atomic E-state index is 11.8. The molecule has 1 saturated heterocycles. The Balaban J connectivity index is 2.40. The van der Waals surface area contributed by atoms with Gasteiger partial charge >= 0.3 is 0 Å². The van der Waals surface area contributed by atoms with Crippen molar-refractivity contribution in [3.63, 3.8) is 0 Å². The van der Waals surface area contributed by atoms with Crippen molar-refractivity contribution < 1.29 is 4.79 Å². The van der Waals surface area contributed by atoms with E-state index in [0.717, 1.165) is 25.9 Å². The molecule has 1 fully saturated rings. The van der Waals surface area contributed by atoms with Gasteiger partial charge < -0.3 is 16.4 Å². The number of nitrogens with two attached hydrogens (primary N) is 1. The lowest BCUT2D eigenvalue weighted by molar-refractivity contribution is -0.125. The molecule has 2 atom stereocenters. The Bertz CT molecular complexity index is 216. The van der Waals surface area contributed by atoms with Gasteiger partial charge in [0.2, 0.25) is 5.91 Å². The van der Waals surface area contributed by atoms with Crippen molar-refractivity contribution in [1.82, 2.24) is 10.6 Å². The Morgan fingerprint density at radius 1 is 1.53 bits per heavy atom. The van der Waals surface area contributed by atoms with Crippen LogP contribution in [0.3, 0.4) is 0 Å². The Hall–Kier alpha value is -0.610. The van der Waals surface area contributed by atoms with Crippen LogP contribution in [0.4, 0.5) is 0 Å². The molecule has 0 aromatic carbocycles. The highest BCUT2D eigenvalue weighted by Gasteiger charge is 2.28. The second-order valence-electron chi connectivity index (χ2n) is 5.40. The first kappa shape index (κ1) is 12.5. The SMILES string of the molecule is CC(C)(C)[C@H](N)C(=O)N[C@@H]1CCCNC1. The standard InChI is InChI=1S/C11H23N3O/c1-11(2,3)9(12)10(15)14-8-5-4-6-13-7-8/h8-9,13H,4-7,12H2,1-3H3,(H,14,15)/t8-,9-/m1/s1. The zero-order valence-corrected chi connectivity index (χ0v) is 9.97. The maximum Gasteiger partial charge on any atom is 0.237 e. The summed E-state index contributed by atoms with van der Waals surface area (Å²) in [6, 6.07) is -0.181. The average Bonchev–Trinajstić information content (AvgIpc) is 2.16. The molecule has 0 bridgehead atoms. The molecule has 15 heavy (non-hydrogen) atoms. The summed E-state index contributed by atoms with van der Waals surface area (Å²) in [6.07, 6.45) is 2.17. The Labute approximate surface area is 92.0 Å². The van der Waals surface area contributed by atoms with Gasteiger partial charge in [0.15, 0.2) is 0 Å². The third-order valence-electron chi connectivity index (χ3n) is 2.86. The Morgan fingerprint density at radius 3 is 2.67 bits per heavy atom. The van der Waals surface area contributed by atoms with Crippen molar-refractivity contribution in [2.45, 2.75) is 45.7 Å². The van der Waals surface area contributed by atoms with E-state index in [1.54, 1.807) is 0 Å². The summed E-state index contributed by atoms with van der Waals surface area (Å²) in [5.74, 6) is -0.0313. The summed E-state index contributed by atoms with van der Waals surface area (Å²) in [5.41, 5.74) is 5.70. The molecule has 0 spiro atoms. The molecule has 1 amide bonds. The van der Waals surface area contributed by atoms with Gasteiger partial charge in [-0.2, -0.15) is 0 Å². The summed E-state index contributed by atoms with van der Waals surface area (Å²) >= 11 is 0. The van der Waals surface area contributed by atoms with E-state index in [-0.39, 0.29) is 17.4 Å². The summed E-state index contributed by atoms with van der Waals surface area (Å²) in [4.78, 5) is 11.8. The number of piperidine rings is 1. The van der Waals surface area contributed by atoms with Crippen LogP contribution in [0.2, 0.25) is 0 Å². The van der Waals surface area contributed by atoms with Crippen LogP contribution >= 0.6 is 0 Å².